The highest BCUT2D eigenvalue weighted by Crippen LogP contribution is 2.21. The van der Waals surface area contributed by atoms with E-state index >= 15 is 0 Å². The molecule has 1 aliphatic rings. The summed E-state index contributed by atoms with van der Waals surface area (Å²) < 4.78 is 1.79. The molecule has 1 amide bonds. The molecule has 1 saturated heterocycles. The molecule has 3 unspecified atom stereocenters. The van der Waals surface area contributed by atoms with E-state index in [4.69, 9.17) is 5.73 Å². The number of hydrazine groups is 1. The van der Waals surface area contributed by atoms with E-state index < -0.39 is 0 Å². The number of carbonyl (C=O) groups is 1. The van der Waals surface area contributed by atoms with Crippen LogP contribution < -0.4 is 21.9 Å². The van der Waals surface area contributed by atoms with Gasteiger partial charge in [-0.1, -0.05) is 18.2 Å². The standard InChI is InChI=1S/C15H20N6O/c1-10(18-15(22)12-9-14(16)20-19-12)11-5-2-3-6-13(11)21-8-4-7-17-21/h2-8,10,12,14,19-20H,9,16H2,1H3,(H,18,22). The Bertz CT molecular complexity index is 641. The van der Waals surface area contributed by atoms with E-state index in [9.17, 15) is 4.79 Å². The van der Waals surface area contributed by atoms with Crippen LogP contribution in [0.1, 0.15) is 24.9 Å². The number of para-hydroxylation sites is 1. The molecule has 0 radical (unpaired) electrons. The third kappa shape index (κ3) is 3.01. The molecule has 1 fully saturated rings. The Kier molecular flexibility index (Phi) is 4.19. The maximum absolute atomic E-state index is 12.3. The zero-order valence-electron chi connectivity index (χ0n) is 12.4. The van der Waals surface area contributed by atoms with Crippen molar-refractivity contribution in [2.45, 2.75) is 31.6 Å². The lowest BCUT2D eigenvalue weighted by molar-refractivity contribution is -0.123. The van der Waals surface area contributed by atoms with Crippen LogP contribution in [-0.4, -0.2) is 27.9 Å². The van der Waals surface area contributed by atoms with E-state index in [1.54, 1.807) is 10.9 Å². The van der Waals surface area contributed by atoms with Crippen LogP contribution in [0.4, 0.5) is 0 Å². The van der Waals surface area contributed by atoms with Crippen LogP contribution in [0.15, 0.2) is 42.7 Å². The maximum atomic E-state index is 12.3. The van der Waals surface area contributed by atoms with E-state index in [2.05, 4.69) is 21.3 Å². The van der Waals surface area contributed by atoms with Gasteiger partial charge in [-0.2, -0.15) is 5.10 Å². The lowest BCUT2D eigenvalue weighted by Crippen LogP contribution is -2.44. The van der Waals surface area contributed by atoms with Gasteiger partial charge in [0.2, 0.25) is 5.91 Å². The Balaban J connectivity index is 1.75. The van der Waals surface area contributed by atoms with Gasteiger partial charge < -0.3 is 11.1 Å². The molecular weight excluding hydrogens is 280 g/mol. The molecule has 5 N–H and O–H groups in total. The number of nitrogens with one attached hydrogen (secondary N) is 3. The molecule has 116 valence electrons. The molecule has 3 atom stereocenters. The maximum Gasteiger partial charge on any atom is 0.239 e. The molecule has 7 nitrogen and oxygen atoms in total. The largest absolute Gasteiger partial charge is 0.348 e. The Labute approximate surface area is 128 Å². The third-order valence-corrected chi connectivity index (χ3v) is 3.76. The summed E-state index contributed by atoms with van der Waals surface area (Å²) in [6, 6.07) is 9.31. The first-order valence-electron chi connectivity index (χ1n) is 7.31. The van der Waals surface area contributed by atoms with Gasteiger partial charge in [0, 0.05) is 18.8 Å². The number of hydrogen-bond acceptors (Lipinski definition) is 5. The summed E-state index contributed by atoms with van der Waals surface area (Å²) in [5.41, 5.74) is 13.4. The van der Waals surface area contributed by atoms with Crippen molar-refractivity contribution in [3.63, 3.8) is 0 Å². The number of nitrogens with zero attached hydrogens (tertiary/aromatic N) is 2. The molecule has 3 rings (SSSR count). The molecule has 2 heterocycles. The lowest BCUT2D eigenvalue weighted by Gasteiger charge is -2.20. The normalized spacial score (nSPS) is 22.5. The number of nitrogens with two attached hydrogens (primary N) is 1. The van der Waals surface area contributed by atoms with Gasteiger partial charge >= 0.3 is 0 Å². The SMILES string of the molecule is CC(NC(=O)C1CC(N)NN1)c1ccccc1-n1cccn1. The highest BCUT2D eigenvalue weighted by atomic mass is 16.2. The zero-order chi connectivity index (χ0) is 15.5. The summed E-state index contributed by atoms with van der Waals surface area (Å²) in [4.78, 5) is 12.3. The predicted octanol–water partition coefficient (Wildman–Crippen LogP) is 0.201. The molecule has 0 bridgehead atoms. The monoisotopic (exact) mass is 300 g/mol. The van der Waals surface area contributed by atoms with E-state index in [0.717, 1.165) is 11.3 Å². The smallest absolute Gasteiger partial charge is 0.239 e. The zero-order valence-corrected chi connectivity index (χ0v) is 12.4. The second-order valence-corrected chi connectivity index (χ2v) is 5.42. The van der Waals surface area contributed by atoms with Crippen LogP contribution in [-0.2, 0) is 4.79 Å². The number of benzene rings is 1. The molecule has 0 saturated carbocycles. The van der Waals surface area contributed by atoms with Crippen molar-refractivity contribution < 1.29 is 4.79 Å². The lowest BCUT2D eigenvalue weighted by atomic mass is 10.1. The van der Waals surface area contributed by atoms with Gasteiger partial charge in [0.05, 0.1) is 17.9 Å². The average molecular weight is 300 g/mol. The fraction of sp³-hybridized carbons (Fsp3) is 0.333. The molecule has 1 aromatic heterocycles. The second kappa shape index (κ2) is 6.27. The molecule has 0 aliphatic carbocycles. The van der Waals surface area contributed by atoms with Gasteiger partial charge in [-0.25, -0.2) is 15.5 Å². The van der Waals surface area contributed by atoms with Crippen molar-refractivity contribution in [3.05, 3.63) is 48.3 Å². The van der Waals surface area contributed by atoms with Crippen LogP contribution in [0.25, 0.3) is 5.69 Å². The van der Waals surface area contributed by atoms with Crippen LogP contribution in [0.3, 0.4) is 0 Å². The summed E-state index contributed by atoms with van der Waals surface area (Å²) in [6.45, 7) is 1.96. The van der Waals surface area contributed by atoms with E-state index in [1.807, 2.05) is 43.5 Å². The summed E-state index contributed by atoms with van der Waals surface area (Å²) in [6.07, 6.45) is 3.99. The number of rotatable bonds is 4. The van der Waals surface area contributed by atoms with Crippen molar-refractivity contribution in [2.24, 2.45) is 5.73 Å². The van der Waals surface area contributed by atoms with Crippen LogP contribution in [0.5, 0.6) is 0 Å². The fourth-order valence-electron chi connectivity index (χ4n) is 2.62. The molecule has 2 aromatic rings. The quantitative estimate of drug-likeness (QED) is 0.647. The molecule has 0 spiro atoms. The minimum absolute atomic E-state index is 0.0665. The Hall–Kier alpha value is -2.22. The van der Waals surface area contributed by atoms with Crippen molar-refractivity contribution in [1.29, 1.82) is 0 Å². The molecular formula is C15H20N6O. The Morgan fingerprint density at radius 3 is 2.91 bits per heavy atom. The number of amides is 1. The van der Waals surface area contributed by atoms with E-state index in [0.29, 0.717) is 6.42 Å². The molecule has 22 heavy (non-hydrogen) atoms. The predicted molar refractivity (Wildman–Crippen MR) is 82.8 cm³/mol. The topological polar surface area (TPSA) is 97.0 Å². The molecule has 1 aliphatic heterocycles. The average Bonchev–Trinajstić information content (AvgIpc) is 3.18. The minimum atomic E-state index is -0.311. The first-order chi connectivity index (χ1) is 10.6. The van der Waals surface area contributed by atoms with Gasteiger partial charge in [-0.05, 0) is 24.6 Å². The summed E-state index contributed by atoms with van der Waals surface area (Å²) >= 11 is 0. The van der Waals surface area contributed by atoms with Crippen LogP contribution >= 0.6 is 0 Å². The van der Waals surface area contributed by atoms with E-state index in [-0.39, 0.29) is 24.2 Å². The number of hydrogen-bond donors (Lipinski definition) is 4. The van der Waals surface area contributed by atoms with Crippen molar-refractivity contribution in [2.75, 3.05) is 0 Å². The number of aromatic nitrogens is 2. The first-order valence-corrected chi connectivity index (χ1v) is 7.31. The van der Waals surface area contributed by atoms with Gasteiger partial charge in [-0.15, -0.1) is 0 Å². The summed E-state index contributed by atoms with van der Waals surface area (Å²) in [5, 5.41) is 7.28. The fourth-order valence-corrected chi connectivity index (χ4v) is 2.62. The summed E-state index contributed by atoms with van der Waals surface area (Å²) in [5.74, 6) is -0.0665. The minimum Gasteiger partial charge on any atom is -0.348 e. The van der Waals surface area contributed by atoms with Crippen LogP contribution in [0.2, 0.25) is 0 Å². The van der Waals surface area contributed by atoms with Gasteiger partial charge in [0.1, 0.15) is 6.04 Å². The van der Waals surface area contributed by atoms with E-state index in [1.165, 1.54) is 0 Å². The third-order valence-electron chi connectivity index (χ3n) is 3.76. The first kappa shape index (κ1) is 14.7. The van der Waals surface area contributed by atoms with Crippen molar-refractivity contribution in [1.82, 2.24) is 25.9 Å². The van der Waals surface area contributed by atoms with Gasteiger partial charge in [0.15, 0.2) is 0 Å². The highest BCUT2D eigenvalue weighted by Gasteiger charge is 2.28. The summed E-state index contributed by atoms with van der Waals surface area (Å²) in [7, 11) is 0. The van der Waals surface area contributed by atoms with Gasteiger partial charge in [0.25, 0.3) is 0 Å². The van der Waals surface area contributed by atoms with Crippen molar-refractivity contribution in [3.8, 4) is 5.69 Å². The Morgan fingerprint density at radius 2 is 2.23 bits per heavy atom. The molecule has 7 heteroatoms. The van der Waals surface area contributed by atoms with Crippen LogP contribution in [0, 0.1) is 0 Å². The number of carbonyl (C=O) groups excluding carboxylic acids is 1. The second-order valence-electron chi connectivity index (χ2n) is 5.42. The molecule has 1 aromatic carbocycles. The van der Waals surface area contributed by atoms with Crippen molar-refractivity contribution >= 4 is 5.91 Å². The Morgan fingerprint density at radius 1 is 1.41 bits per heavy atom. The highest BCUT2D eigenvalue weighted by molar-refractivity contribution is 5.82. The van der Waals surface area contributed by atoms with Gasteiger partial charge in [-0.3, -0.25) is 4.79 Å².